The van der Waals surface area contributed by atoms with Crippen LogP contribution >= 0.6 is 0 Å². The molecule has 2 nitrogen and oxygen atoms in total. The number of pyridine rings is 1. The second kappa shape index (κ2) is 14.7. The summed E-state index contributed by atoms with van der Waals surface area (Å²) in [5.41, 5.74) is 3.26. The number of para-hydroxylation sites is 1. The molecule has 0 spiro atoms. The van der Waals surface area contributed by atoms with Crippen molar-refractivity contribution in [2.75, 3.05) is 0 Å². The molecule has 0 bridgehead atoms. The van der Waals surface area contributed by atoms with Crippen LogP contribution in [-0.4, -0.2) is 4.57 Å². The normalized spacial score (nSPS) is 8.69. The number of hydrogen-bond donors (Lipinski definition) is 0. The van der Waals surface area contributed by atoms with Gasteiger partial charge in [-0.2, -0.15) is 0 Å². The van der Waals surface area contributed by atoms with Crippen LogP contribution in [0.1, 0.15) is 52.7 Å². The minimum atomic E-state index is -0.00647. The van der Waals surface area contributed by atoms with Crippen LogP contribution in [0.15, 0.2) is 83.8 Å². The van der Waals surface area contributed by atoms with Gasteiger partial charge < -0.3 is 0 Å². The van der Waals surface area contributed by atoms with Gasteiger partial charge in [0, 0.05) is 18.0 Å². The van der Waals surface area contributed by atoms with Crippen molar-refractivity contribution >= 4 is 0 Å². The average molecular weight is 352 g/mol. The van der Waals surface area contributed by atoms with E-state index in [1.54, 1.807) is 10.6 Å². The molecule has 0 saturated heterocycles. The molecular weight excluding hydrogens is 318 g/mol. The zero-order valence-electron chi connectivity index (χ0n) is 17.1. The van der Waals surface area contributed by atoms with Crippen LogP contribution in [0.25, 0.3) is 5.69 Å². The molecule has 0 aliphatic heterocycles. The maximum atomic E-state index is 12.0. The van der Waals surface area contributed by atoms with Crippen molar-refractivity contribution in [1.29, 1.82) is 0 Å². The Hall–Kier alpha value is -2.61. The highest BCUT2D eigenvalue weighted by Crippen LogP contribution is 2.10. The highest BCUT2D eigenvalue weighted by atomic mass is 16.1. The summed E-state index contributed by atoms with van der Waals surface area (Å²) in [6.07, 6.45) is 2.75. The summed E-state index contributed by atoms with van der Waals surface area (Å²) in [6, 6.07) is 23.5. The Bertz CT molecular complexity index is 746. The average Bonchev–Trinajstić information content (AvgIpc) is 2.75. The van der Waals surface area contributed by atoms with Gasteiger partial charge in [0.25, 0.3) is 5.56 Å². The molecule has 3 rings (SSSR count). The molecule has 26 heavy (non-hydrogen) atoms. The summed E-state index contributed by atoms with van der Waals surface area (Å²) < 4.78 is 1.69. The molecule has 0 atom stereocenters. The monoisotopic (exact) mass is 351 g/mol. The summed E-state index contributed by atoms with van der Waals surface area (Å²) in [5.74, 6) is 0. The zero-order valence-corrected chi connectivity index (χ0v) is 17.1. The first-order chi connectivity index (χ1) is 12.8. The second-order valence-electron chi connectivity index (χ2n) is 4.74. The third-order valence-electron chi connectivity index (χ3n) is 3.26. The van der Waals surface area contributed by atoms with Crippen LogP contribution in [0.4, 0.5) is 0 Å². The molecule has 0 saturated carbocycles. The van der Waals surface area contributed by atoms with E-state index < -0.39 is 0 Å². The lowest BCUT2D eigenvalue weighted by Gasteiger charge is -2.08. The first-order valence-electron chi connectivity index (χ1n) is 9.64. The van der Waals surface area contributed by atoms with Crippen LogP contribution < -0.4 is 5.56 Å². The Morgan fingerprint density at radius 2 is 1.12 bits per heavy atom. The molecule has 1 aromatic heterocycles. The molecule has 140 valence electrons. The third-order valence-corrected chi connectivity index (χ3v) is 3.26. The van der Waals surface area contributed by atoms with E-state index in [-0.39, 0.29) is 5.56 Å². The number of benzene rings is 2. The Morgan fingerprint density at radius 1 is 0.615 bits per heavy atom. The van der Waals surface area contributed by atoms with E-state index >= 15 is 0 Å². The molecule has 0 radical (unpaired) electrons. The van der Waals surface area contributed by atoms with Crippen LogP contribution in [0.5, 0.6) is 0 Å². The lowest BCUT2D eigenvalue weighted by Crippen LogP contribution is -2.17. The van der Waals surface area contributed by atoms with Gasteiger partial charge in [0.2, 0.25) is 0 Å². The summed E-state index contributed by atoms with van der Waals surface area (Å²) in [6.45, 7) is 12.0. The van der Waals surface area contributed by atoms with E-state index in [9.17, 15) is 4.79 Å². The van der Waals surface area contributed by atoms with Gasteiger partial charge in [-0.25, -0.2) is 0 Å². The molecule has 0 aliphatic carbocycles. The molecule has 2 aromatic carbocycles. The Balaban J connectivity index is 0.000000948. The highest BCUT2D eigenvalue weighted by molar-refractivity contribution is 5.34. The first-order valence-corrected chi connectivity index (χ1v) is 9.64. The fourth-order valence-electron chi connectivity index (χ4n) is 2.26. The van der Waals surface area contributed by atoms with E-state index in [1.165, 1.54) is 5.56 Å². The van der Waals surface area contributed by atoms with Crippen LogP contribution in [0, 0.1) is 0 Å². The summed E-state index contributed by atoms with van der Waals surface area (Å²) in [5, 5.41) is 0. The minimum Gasteiger partial charge on any atom is -0.284 e. The zero-order chi connectivity index (χ0) is 19.8. The Kier molecular flexibility index (Phi) is 13.2. The van der Waals surface area contributed by atoms with E-state index in [0.29, 0.717) is 0 Å². The largest absolute Gasteiger partial charge is 0.284 e. The molecule has 0 N–H and O–H groups in total. The first kappa shape index (κ1) is 23.4. The fourth-order valence-corrected chi connectivity index (χ4v) is 2.26. The number of hydrogen-bond acceptors (Lipinski definition) is 1. The lowest BCUT2D eigenvalue weighted by molar-refractivity contribution is 0.961. The van der Waals surface area contributed by atoms with Crippen LogP contribution in [-0.2, 0) is 6.42 Å². The van der Waals surface area contributed by atoms with E-state index in [2.05, 4.69) is 12.1 Å². The summed E-state index contributed by atoms with van der Waals surface area (Å²) >= 11 is 0. The van der Waals surface area contributed by atoms with E-state index in [4.69, 9.17) is 0 Å². The fraction of sp³-hybridized carbons (Fsp3) is 0.292. The van der Waals surface area contributed by atoms with Gasteiger partial charge in [0.05, 0.1) is 0 Å². The molecule has 3 aromatic rings. The van der Waals surface area contributed by atoms with Gasteiger partial charge in [-0.1, -0.05) is 96.1 Å². The molecular formula is C24H33NO. The number of rotatable bonds is 3. The molecule has 2 heteroatoms. The molecule has 1 heterocycles. The van der Waals surface area contributed by atoms with Crippen molar-refractivity contribution in [3.63, 3.8) is 0 Å². The Morgan fingerprint density at radius 3 is 1.65 bits per heavy atom. The van der Waals surface area contributed by atoms with Gasteiger partial charge >= 0.3 is 0 Å². The third kappa shape index (κ3) is 7.52. The van der Waals surface area contributed by atoms with Gasteiger partial charge in [0.15, 0.2) is 0 Å². The quantitative estimate of drug-likeness (QED) is 0.527. The van der Waals surface area contributed by atoms with Gasteiger partial charge in [-0.05, 0) is 29.7 Å². The van der Waals surface area contributed by atoms with E-state index in [1.807, 2.05) is 102 Å². The maximum absolute atomic E-state index is 12.0. The van der Waals surface area contributed by atoms with Gasteiger partial charge in [-0.15, -0.1) is 0 Å². The highest BCUT2D eigenvalue weighted by Gasteiger charge is 2.02. The van der Waals surface area contributed by atoms with Gasteiger partial charge in [-0.3, -0.25) is 9.36 Å². The SMILES string of the molecule is CC.CC.CC.O=c1ccc(Cc2ccccc2)cn1-c1ccccc1. The maximum Gasteiger partial charge on any atom is 0.255 e. The van der Waals surface area contributed by atoms with Crippen molar-refractivity contribution in [2.45, 2.75) is 48.0 Å². The summed E-state index contributed by atoms with van der Waals surface area (Å²) in [4.78, 5) is 12.0. The lowest BCUT2D eigenvalue weighted by atomic mass is 10.1. The molecule has 0 fully saturated rings. The molecule has 0 aliphatic rings. The van der Waals surface area contributed by atoms with E-state index in [0.717, 1.165) is 17.7 Å². The smallest absolute Gasteiger partial charge is 0.255 e. The van der Waals surface area contributed by atoms with Crippen molar-refractivity contribution in [3.05, 3.63) is 100 Å². The van der Waals surface area contributed by atoms with Crippen molar-refractivity contribution < 1.29 is 0 Å². The van der Waals surface area contributed by atoms with Crippen LogP contribution in [0.2, 0.25) is 0 Å². The molecule has 0 amide bonds. The number of nitrogens with zero attached hydrogens (tertiary/aromatic N) is 1. The number of aromatic nitrogens is 1. The minimum absolute atomic E-state index is 0.00647. The van der Waals surface area contributed by atoms with Crippen molar-refractivity contribution in [2.24, 2.45) is 0 Å². The standard InChI is InChI=1S/C18H15NO.3C2H6/c20-18-12-11-16(13-15-7-3-1-4-8-15)14-19(18)17-9-5-2-6-10-17;3*1-2/h1-12,14H,13H2;3*1-2H3. The van der Waals surface area contributed by atoms with Crippen molar-refractivity contribution in [3.8, 4) is 5.69 Å². The van der Waals surface area contributed by atoms with Crippen molar-refractivity contribution in [1.82, 2.24) is 4.57 Å². The topological polar surface area (TPSA) is 22.0 Å². The summed E-state index contributed by atoms with van der Waals surface area (Å²) in [7, 11) is 0. The van der Waals surface area contributed by atoms with Gasteiger partial charge in [0.1, 0.15) is 0 Å². The Labute approximate surface area is 159 Å². The predicted molar refractivity (Wildman–Crippen MR) is 115 cm³/mol. The molecule has 0 unspecified atom stereocenters. The predicted octanol–water partition coefficient (Wildman–Crippen LogP) is 6.51. The second-order valence-corrected chi connectivity index (χ2v) is 4.74. The van der Waals surface area contributed by atoms with Crippen LogP contribution in [0.3, 0.4) is 0 Å².